The molecule has 0 radical (unpaired) electrons. The number of carbonyl (C=O) groups is 2. The first kappa shape index (κ1) is 15.8. The van der Waals surface area contributed by atoms with Crippen molar-refractivity contribution in [2.24, 2.45) is 0 Å². The molecular weight excluding hydrogens is 277 g/mol. The summed E-state index contributed by atoms with van der Waals surface area (Å²) >= 11 is 0. The Hall–Kier alpha value is -2.25. The van der Waals surface area contributed by atoms with Gasteiger partial charge >= 0.3 is 18.1 Å². The predicted molar refractivity (Wildman–Crippen MR) is 65.1 cm³/mol. The van der Waals surface area contributed by atoms with E-state index in [0.717, 1.165) is 13.1 Å². The minimum atomic E-state index is -4.97. The van der Waals surface area contributed by atoms with E-state index in [4.69, 9.17) is 10.8 Å². The van der Waals surface area contributed by atoms with Crippen LogP contribution in [-0.2, 0) is 4.79 Å². The molecule has 5 nitrogen and oxygen atoms in total. The highest BCUT2D eigenvalue weighted by Gasteiger charge is 2.42. The van der Waals surface area contributed by atoms with Crippen molar-refractivity contribution in [3.63, 3.8) is 0 Å². The molecule has 0 aromatic heterocycles. The minimum absolute atomic E-state index is 0.0132. The monoisotopic (exact) mass is 290 g/mol. The van der Waals surface area contributed by atoms with Gasteiger partial charge in [-0.15, -0.1) is 0 Å². The predicted octanol–water partition coefficient (Wildman–Crippen LogP) is 2.05. The molecule has 1 rings (SSSR count). The zero-order chi connectivity index (χ0) is 15.7. The van der Waals surface area contributed by atoms with Gasteiger partial charge in [-0.3, -0.25) is 4.79 Å². The second-order valence-corrected chi connectivity index (χ2v) is 4.24. The van der Waals surface area contributed by atoms with Gasteiger partial charge in [0.2, 0.25) is 0 Å². The number of halogens is 3. The number of benzene rings is 1. The number of anilines is 1. The molecule has 20 heavy (non-hydrogen) atoms. The summed E-state index contributed by atoms with van der Waals surface area (Å²) in [4.78, 5) is 22.4. The van der Waals surface area contributed by atoms with Crippen LogP contribution in [0.5, 0.6) is 0 Å². The summed E-state index contributed by atoms with van der Waals surface area (Å²) in [7, 11) is 1.00. The summed E-state index contributed by atoms with van der Waals surface area (Å²) in [6.45, 7) is 1.37. The van der Waals surface area contributed by atoms with E-state index >= 15 is 0 Å². The van der Waals surface area contributed by atoms with Gasteiger partial charge < -0.3 is 15.7 Å². The Bertz CT molecular complexity index is 543. The molecule has 0 unspecified atom stereocenters. The zero-order valence-corrected chi connectivity index (χ0v) is 10.7. The number of nitrogen functional groups attached to an aromatic ring is 1. The van der Waals surface area contributed by atoms with Crippen molar-refractivity contribution in [3.05, 3.63) is 29.3 Å². The largest absolute Gasteiger partial charge is 0.478 e. The van der Waals surface area contributed by atoms with Crippen LogP contribution in [-0.4, -0.2) is 35.1 Å². The Labute approximate surface area is 112 Å². The third-order valence-electron chi connectivity index (χ3n) is 2.93. The number of hydrogen-bond donors (Lipinski definition) is 2. The molecule has 0 saturated heterocycles. The van der Waals surface area contributed by atoms with Gasteiger partial charge in [0.25, 0.3) is 0 Å². The molecule has 0 heterocycles. The summed E-state index contributed by atoms with van der Waals surface area (Å²) in [5.74, 6) is -3.19. The Kier molecular flexibility index (Phi) is 4.26. The average molecular weight is 290 g/mol. The number of rotatable bonds is 3. The maximum Gasteiger partial charge on any atom is 0.471 e. The highest BCUT2D eigenvalue weighted by atomic mass is 19.4. The van der Waals surface area contributed by atoms with Gasteiger partial charge in [-0.2, -0.15) is 13.2 Å². The van der Waals surface area contributed by atoms with E-state index < -0.39 is 24.1 Å². The van der Waals surface area contributed by atoms with Gasteiger partial charge in [0.15, 0.2) is 0 Å². The van der Waals surface area contributed by atoms with Crippen molar-refractivity contribution in [2.45, 2.75) is 19.1 Å². The van der Waals surface area contributed by atoms with Crippen LogP contribution >= 0.6 is 0 Å². The molecule has 1 aromatic rings. The number of carboxylic acid groups (broad SMARTS) is 1. The number of nitrogens with zero attached hydrogens (tertiary/aromatic N) is 1. The normalized spacial score (nSPS) is 12.8. The van der Waals surface area contributed by atoms with E-state index in [1.54, 1.807) is 0 Å². The molecule has 0 saturated carbocycles. The molecule has 0 aliphatic rings. The summed E-state index contributed by atoms with van der Waals surface area (Å²) in [6, 6.07) is 2.71. The third kappa shape index (κ3) is 3.19. The Morgan fingerprint density at radius 1 is 1.35 bits per heavy atom. The van der Waals surface area contributed by atoms with Crippen LogP contribution < -0.4 is 5.73 Å². The maximum atomic E-state index is 12.3. The van der Waals surface area contributed by atoms with E-state index in [9.17, 15) is 22.8 Å². The molecule has 0 spiro atoms. The van der Waals surface area contributed by atoms with Gasteiger partial charge in [-0.05, 0) is 24.6 Å². The lowest BCUT2D eigenvalue weighted by Crippen LogP contribution is -2.40. The number of carboxylic acids is 1. The Morgan fingerprint density at radius 2 is 1.90 bits per heavy atom. The lowest BCUT2D eigenvalue weighted by molar-refractivity contribution is -0.186. The molecule has 0 fully saturated rings. The van der Waals surface area contributed by atoms with E-state index in [0.29, 0.717) is 4.90 Å². The van der Waals surface area contributed by atoms with E-state index in [2.05, 4.69) is 0 Å². The summed E-state index contributed by atoms with van der Waals surface area (Å²) in [5.41, 5.74) is 5.80. The smallest absolute Gasteiger partial charge is 0.471 e. The second kappa shape index (κ2) is 5.40. The topological polar surface area (TPSA) is 83.6 Å². The number of carbonyl (C=O) groups excluding carboxylic acids is 1. The molecule has 3 N–H and O–H groups in total. The van der Waals surface area contributed by atoms with Crippen LogP contribution in [0.3, 0.4) is 0 Å². The molecule has 110 valence electrons. The SMILES string of the molecule is C[C@H](c1ccc(C(=O)O)cc1N)N(C)C(=O)C(F)(F)F. The van der Waals surface area contributed by atoms with Gasteiger partial charge in [0.1, 0.15) is 0 Å². The average Bonchev–Trinajstić information content (AvgIpc) is 2.34. The first-order valence-electron chi connectivity index (χ1n) is 5.52. The summed E-state index contributed by atoms with van der Waals surface area (Å²) < 4.78 is 37.0. The summed E-state index contributed by atoms with van der Waals surface area (Å²) in [5, 5.41) is 8.77. The van der Waals surface area contributed by atoms with Crippen molar-refractivity contribution >= 4 is 17.6 Å². The number of nitrogens with two attached hydrogens (primary N) is 1. The van der Waals surface area contributed by atoms with Crippen LogP contribution in [0, 0.1) is 0 Å². The second-order valence-electron chi connectivity index (χ2n) is 4.24. The molecule has 0 aliphatic heterocycles. The fourth-order valence-electron chi connectivity index (χ4n) is 1.67. The lowest BCUT2D eigenvalue weighted by Gasteiger charge is -2.27. The first-order chi connectivity index (χ1) is 9.05. The van der Waals surface area contributed by atoms with Crippen LogP contribution in [0.4, 0.5) is 18.9 Å². The molecule has 1 amide bonds. The van der Waals surface area contributed by atoms with Crippen molar-refractivity contribution < 1.29 is 27.9 Å². The minimum Gasteiger partial charge on any atom is -0.478 e. The molecule has 0 bridgehead atoms. The van der Waals surface area contributed by atoms with E-state index in [1.165, 1.54) is 19.1 Å². The van der Waals surface area contributed by atoms with Gasteiger partial charge in [0, 0.05) is 12.7 Å². The van der Waals surface area contributed by atoms with Crippen LogP contribution in [0.25, 0.3) is 0 Å². The highest BCUT2D eigenvalue weighted by molar-refractivity contribution is 5.89. The fraction of sp³-hybridized carbons (Fsp3) is 0.333. The van der Waals surface area contributed by atoms with Crippen molar-refractivity contribution in [1.82, 2.24) is 4.90 Å². The van der Waals surface area contributed by atoms with Gasteiger partial charge in [0.05, 0.1) is 11.6 Å². The fourth-order valence-corrected chi connectivity index (χ4v) is 1.67. The quantitative estimate of drug-likeness (QED) is 0.834. The molecule has 1 atom stereocenters. The molecule has 8 heteroatoms. The van der Waals surface area contributed by atoms with Crippen LogP contribution in [0.2, 0.25) is 0 Å². The number of aromatic carboxylic acids is 1. The number of hydrogen-bond acceptors (Lipinski definition) is 3. The van der Waals surface area contributed by atoms with Gasteiger partial charge in [-0.25, -0.2) is 4.79 Å². The van der Waals surface area contributed by atoms with E-state index in [1.807, 2.05) is 0 Å². The van der Waals surface area contributed by atoms with Crippen LogP contribution in [0.15, 0.2) is 18.2 Å². The third-order valence-corrected chi connectivity index (χ3v) is 2.93. The first-order valence-corrected chi connectivity index (χ1v) is 5.52. The Morgan fingerprint density at radius 3 is 2.30 bits per heavy atom. The molecule has 0 aliphatic carbocycles. The summed E-state index contributed by atoms with van der Waals surface area (Å²) in [6.07, 6.45) is -4.97. The Balaban J connectivity index is 3.06. The standard InChI is InChI=1S/C12H13F3N2O3/c1-6(17(2)11(20)12(13,14)15)8-4-3-7(10(18)19)5-9(8)16/h3-6H,16H2,1-2H3,(H,18,19)/t6-/m1/s1. The highest BCUT2D eigenvalue weighted by Crippen LogP contribution is 2.29. The van der Waals surface area contributed by atoms with Crippen molar-refractivity contribution in [1.29, 1.82) is 0 Å². The zero-order valence-electron chi connectivity index (χ0n) is 10.7. The van der Waals surface area contributed by atoms with Crippen LogP contribution in [0.1, 0.15) is 28.9 Å². The molecule has 1 aromatic carbocycles. The maximum absolute atomic E-state index is 12.3. The number of amides is 1. The van der Waals surface area contributed by atoms with Crippen molar-refractivity contribution in [2.75, 3.05) is 12.8 Å². The van der Waals surface area contributed by atoms with E-state index in [-0.39, 0.29) is 16.8 Å². The lowest BCUT2D eigenvalue weighted by atomic mass is 10.0. The van der Waals surface area contributed by atoms with Crippen molar-refractivity contribution in [3.8, 4) is 0 Å². The molecular formula is C12H13F3N2O3. The number of alkyl halides is 3. The van der Waals surface area contributed by atoms with Gasteiger partial charge in [-0.1, -0.05) is 6.07 Å².